The summed E-state index contributed by atoms with van der Waals surface area (Å²) < 4.78 is 38.9. The first kappa shape index (κ1) is 22.0. The number of ether oxygens (including phenoxy) is 2. The second-order valence-electron chi connectivity index (χ2n) is 5.82. The Morgan fingerprint density at radius 3 is 2.48 bits per heavy atom. The third-order valence-electron chi connectivity index (χ3n) is 4.19. The quantitative estimate of drug-likeness (QED) is 0.735. The van der Waals surface area contributed by atoms with Gasteiger partial charge in [0.15, 0.2) is 11.5 Å². The van der Waals surface area contributed by atoms with Gasteiger partial charge in [0.1, 0.15) is 0 Å². The second-order valence-corrected chi connectivity index (χ2v) is 7.71. The summed E-state index contributed by atoms with van der Waals surface area (Å²) in [5, 5.41) is 0. The summed E-state index contributed by atoms with van der Waals surface area (Å²) in [6.45, 7) is 5.72. The van der Waals surface area contributed by atoms with E-state index in [1.165, 1.54) is 0 Å². The van der Waals surface area contributed by atoms with E-state index in [9.17, 15) is 8.42 Å². The number of nitrogens with two attached hydrogens (primary N) is 1. The van der Waals surface area contributed by atoms with Crippen molar-refractivity contribution < 1.29 is 17.9 Å². The van der Waals surface area contributed by atoms with Crippen molar-refractivity contribution >= 4 is 22.4 Å². The van der Waals surface area contributed by atoms with Crippen LogP contribution >= 0.6 is 12.4 Å². The Kier molecular flexibility index (Phi) is 8.99. The first-order valence-corrected chi connectivity index (χ1v) is 10.1. The van der Waals surface area contributed by atoms with E-state index >= 15 is 0 Å². The average Bonchev–Trinajstić information content (AvgIpc) is 2.57. The maximum Gasteiger partial charge on any atom is 0.243 e. The van der Waals surface area contributed by atoms with Crippen LogP contribution in [0.2, 0.25) is 0 Å². The number of piperidine rings is 1. The predicted molar refractivity (Wildman–Crippen MR) is 101 cm³/mol. The molecule has 1 saturated heterocycles. The maximum atomic E-state index is 13.1. The smallest absolute Gasteiger partial charge is 0.243 e. The van der Waals surface area contributed by atoms with Crippen LogP contribution in [0, 0.1) is 0 Å². The topological polar surface area (TPSA) is 81.9 Å². The first-order chi connectivity index (χ1) is 11.5. The predicted octanol–water partition coefficient (Wildman–Crippen LogP) is 2.80. The normalized spacial score (nSPS) is 18.4. The van der Waals surface area contributed by atoms with E-state index in [0.29, 0.717) is 44.2 Å². The number of nitrogens with zero attached hydrogens (tertiary/aromatic N) is 1. The lowest BCUT2D eigenvalue weighted by Gasteiger charge is -2.34. The Hall–Kier alpha value is -1.02. The number of halogens is 1. The van der Waals surface area contributed by atoms with Crippen molar-refractivity contribution in [2.45, 2.75) is 50.5 Å². The van der Waals surface area contributed by atoms with Gasteiger partial charge in [-0.15, -0.1) is 12.4 Å². The monoisotopic (exact) mass is 392 g/mol. The van der Waals surface area contributed by atoms with E-state index in [1.807, 2.05) is 13.8 Å². The Labute approximate surface area is 157 Å². The van der Waals surface area contributed by atoms with Crippen LogP contribution in [0.15, 0.2) is 23.1 Å². The van der Waals surface area contributed by atoms with Crippen molar-refractivity contribution in [1.82, 2.24) is 4.31 Å². The largest absolute Gasteiger partial charge is 0.490 e. The summed E-state index contributed by atoms with van der Waals surface area (Å²) in [7, 11) is -3.56. The molecule has 1 heterocycles. The van der Waals surface area contributed by atoms with E-state index in [2.05, 4.69) is 0 Å². The molecule has 1 unspecified atom stereocenters. The van der Waals surface area contributed by atoms with Crippen molar-refractivity contribution in [3.05, 3.63) is 18.2 Å². The number of sulfonamides is 1. The number of benzene rings is 1. The molecule has 0 radical (unpaired) electrons. The summed E-state index contributed by atoms with van der Waals surface area (Å²) in [6, 6.07) is 4.81. The average molecular weight is 393 g/mol. The number of hydrogen-bond acceptors (Lipinski definition) is 5. The van der Waals surface area contributed by atoms with Gasteiger partial charge in [-0.2, -0.15) is 4.31 Å². The highest BCUT2D eigenvalue weighted by atomic mass is 35.5. The highest BCUT2D eigenvalue weighted by Crippen LogP contribution is 2.33. The standard InChI is InChI=1S/C17H28N2O4S.ClH/c1-3-22-16-9-8-15(13-17(16)23-4-2)24(20,21)19-12-6-5-7-14(19)10-11-18;/h8-9,13-14H,3-7,10-12,18H2,1-2H3;1H. The van der Waals surface area contributed by atoms with Crippen LogP contribution in [-0.2, 0) is 10.0 Å². The van der Waals surface area contributed by atoms with Gasteiger partial charge in [-0.3, -0.25) is 0 Å². The molecule has 0 aliphatic carbocycles. The van der Waals surface area contributed by atoms with Crippen molar-refractivity contribution in [1.29, 1.82) is 0 Å². The zero-order valence-electron chi connectivity index (χ0n) is 14.9. The fourth-order valence-corrected chi connectivity index (χ4v) is 4.84. The van der Waals surface area contributed by atoms with Gasteiger partial charge in [-0.1, -0.05) is 6.42 Å². The molecule has 0 amide bonds. The summed E-state index contributed by atoms with van der Waals surface area (Å²) in [5.41, 5.74) is 5.66. The van der Waals surface area contributed by atoms with Gasteiger partial charge in [-0.25, -0.2) is 8.42 Å². The molecule has 1 aromatic rings. The molecular formula is C17H29ClN2O4S. The van der Waals surface area contributed by atoms with E-state index in [1.54, 1.807) is 22.5 Å². The van der Waals surface area contributed by atoms with E-state index in [4.69, 9.17) is 15.2 Å². The van der Waals surface area contributed by atoms with Crippen LogP contribution < -0.4 is 15.2 Å². The summed E-state index contributed by atoms with van der Waals surface area (Å²) in [5.74, 6) is 1.03. The van der Waals surface area contributed by atoms with E-state index < -0.39 is 10.0 Å². The molecule has 1 fully saturated rings. The fourth-order valence-electron chi connectivity index (χ4n) is 3.10. The van der Waals surface area contributed by atoms with Crippen LogP contribution in [0.1, 0.15) is 39.5 Å². The van der Waals surface area contributed by atoms with Crippen LogP contribution in [-0.4, -0.2) is 45.1 Å². The third kappa shape index (κ3) is 5.23. The highest BCUT2D eigenvalue weighted by molar-refractivity contribution is 7.89. The van der Waals surface area contributed by atoms with Gasteiger partial charge >= 0.3 is 0 Å². The third-order valence-corrected chi connectivity index (χ3v) is 6.14. The minimum atomic E-state index is -3.56. The molecule has 0 aromatic heterocycles. The lowest BCUT2D eigenvalue weighted by Crippen LogP contribution is -2.44. The Balaban J connectivity index is 0.00000312. The molecule has 1 aliphatic rings. The molecule has 0 spiro atoms. The molecular weight excluding hydrogens is 364 g/mol. The van der Waals surface area contributed by atoms with Crippen LogP contribution in [0.3, 0.4) is 0 Å². The zero-order valence-corrected chi connectivity index (χ0v) is 16.6. The fraction of sp³-hybridized carbons (Fsp3) is 0.647. The number of hydrogen-bond donors (Lipinski definition) is 1. The van der Waals surface area contributed by atoms with Gasteiger partial charge in [0.25, 0.3) is 0 Å². The minimum absolute atomic E-state index is 0. The lowest BCUT2D eigenvalue weighted by molar-refractivity contribution is 0.243. The molecule has 1 aliphatic heterocycles. The molecule has 6 nitrogen and oxygen atoms in total. The van der Waals surface area contributed by atoms with Crippen LogP contribution in [0.4, 0.5) is 0 Å². The molecule has 1 aromatic carbocycles. The van der Waals surface area contributed by atoms with Crippen molar-refractivity contribution in [3.8, 4) is 11.5 Å². The second kappa shape index (κ2) is 10.2. The summed E-state index contributed by atoms with van der Waals surface area (Å²) in [6.07, 6.45) is 3.49. The van der Waals surface area contributed by atoms with Gasteiger partial charge in [-0.05, 0) is 51.8 Å². The molecule has 8 heteroatoms. The van der Waals surface area contributed by atoms with Crippen molar-refractivity contribution in [2.24, 2.45) is 5.73 Å². The Morgan fingerprint density at radius 2 is 1.84 bits per heavy atom. The van der Waals surface area contributed by atoms with Crippen molar-refractivity contribution in [2.75, 3.05) is 26.3 Å². The summed E-state index contributed by atoms with van der Waals surface area (Å²) >= 11 is 0. The van der Waals surface area contributed by atoms with Crippen molar-refractivity contribution in [3.63, 3.8) is 0 Å². The molecule has 144 valence electrons. The SMILES string of the molecule is CCOc1ccc(S(=O)(=O)N2CCCCC2CCN)cc1OCC.Cl. The summed E-state index contributed by atoms with van der Waals surface area (Å²) in [4.78, 5) is 0.248. The molecule has 25 heavy (non-hydrogen) atoms. The molecule has 2 rings (SSSR count). The highest BCUT2D eigenvalue weighted by Gasteiger charge is 2.33. The number of rotatable bonds is 8. The van der Waals surface area contributed by atoms with E-state index in [-0.39, 0.29) is 23.3 Å². The Bertz CT molecular complexity index is 638. The maximum absolute atomic E-state index is 13.1. The lowest BCUT2D eigenvalue weighted by atomic mass is 10.0. The molecule has 1 atom stereocenters. The molecule has 2 N–H and O–H groups in total. The van der Waals surface area contributed by atoms with Gasteiger partial charge in [0.05, 0.1) is 18.1 Å². The first-order valence-electron chi connectivity index (χ1n) is 8.66. The Morgan fingerprint density at radius 1 is 1.16 bits per heavy atom. The van der Waals surface area contributed by atoms with Crippen LogP contribution in [0.25, 0.3) is 0 Å². The minimum Gasteiger partial charge on any atom is -0.490 e. The van der Waals surface area contributed by atoms with Gasteiger partial charge < -0.3 is 15.2 Å². The molecule has 0 saturated carbocycles. The van der Waals surface area contributed by atoms with E-state index in [0.717, 1.165) is 19.3 Å². The van der Waals surface area contributed by atoms with Gasteiger partial charge in [0.2, 0.25) is 10.0 Å². The van der Waals surface area contributed by atoms with Gasteiger partial charge in [0, 0.05) is 18.7 Å². The molecule has 0 bridgehead atoms. The van der Waals surface area contributed by atoms with Crippen LogP contribution in [0.5, 0.6) is 11.5 Å². The zero-order chi connectivity index (χ0) is 17.6.